The van der Waals surface area contributed by atoms with Crippen LogP contribution in [0.4, 0.5) is 0 Å². The molecule has 1 aromatic carbocycles. The van der Waals surface area contributed by atoms with Crippen molar-refractivity contribution in [1.82, 2.24) is 0 Å². The number of rotatable bonds is 2. The Hall–Kier alpha value is -0.570. The molecule has 0 bridgehead atoms. The molecule has 1 aliphatic heterocycles. The molecular formula is C11H12BrO3P. The molecule has 0 saturated carbocycles. The van der Waals surface area contributed by atoms with Gasteiger partial charge >= 0.3 is 7.60 Å². The normalized spacial score (nSPS) is 23.4. The number of benzene rings is 1. The molecule has 0 radical (unpaired) electrons. The lowest BCUT2D eigenvalue weighted by molar-refractivity contribution is 0.288. The van der Waals surface area contributed by atoms with Crippen LogP contribution in [0.1, 0.15) is 12.5 Å². The third kappa shape index (κ3) is 2.57. The molecular weight excluding hydrogens is 291 g/mol. The summed E-state index contributed by atoms with van der Waals surface area (Å²) in [6, 6.07) is 5.62. The highest BCUT2D eigenvalue weighted by Gasteiger charge is 2.25. The van der Waals surface area contributed by atoms with E-state index in [1.54, 1.807) is 13.0 Å². The second-order valence-electron chi connectivity index (χ2n) is 3.39. The van der Waals surface area contributed by atoms with Crippen molar-refractivity contribution < 1.29 is 13.6 Å². The zero-order valence-corrected chi connectivity index (χ0v) is 11.3. The van der Waals surface area contributed by atoms with Gasteiger partial charge in [-0.1, -0.05) is 22.0 Å². The van der Waals surface area contributed by atoms with Crippen LogP contribution in [0.5, 0.6) is 5.75 Å². The van der Waals surface area contributed by atoms with Gasteiger partial charge in [-0.3, -0.25) is 4.52 Å². The van der Waals surface area contributed by atoms with Crippen LogP contribution in [-0.2, 0) is 15.5 Å². The Kier molecular flexibility index (Phi) is 3.53. The Balaban J connectivity index is 2.36. The second kappa shape index (κ2) is 4.74. The van der Waals surface area contributed by atoms with E-state index in [1.165, 1.54) is 5.82 Å². The van der Waals surface area contributed by atoms with Crippen molar-refractivity contribution in [3.05, 3.63) is 40.1 Å². The Morgan fingerprint density at radius 1 is 1.56 bits per heavy atom. The zero-order chi connectivity index (χ0) is 11.6. The molecule has 1 aliphatic rings. The molecule has 0 spiro atoms. The largest absolute Gasteiger partial charge is 0.421 e. The molecule has 0 saturated heterocycles. The highest BCUT2D eigenvalue weighted by Crippen LogP contribution is 2.52. The molecule has 1 aromatic rings. The van der Waals surface area contributed by atoms with Crippen molar-refractivity contribution in [2.45, 2.75) is 13.3 Å². The fourth-order valence-corrected chi connectivity index (χ4v) is 3.31. The SMILES string of the molecule is CCO[P@@]1(=O)C=CCc2cc(Br)ccc2O1. The van der Waals surface area contributed by atoms with Gasteiger partial charge in [0.15, 0.2) is 0 Å². The molecule has 2 rings (SSSR count). The molecule has 86 valence electrons. The van der Waals surface area contributed by atoms with Crippen LogP contribution in [0.2, 0.25) is 0 Å². The van der Waals surface area contributed by atoms with Gasteiger partial charge in [0.1, 0.15) is 5.75 Å². The average Bonchev–Trinajstić information content (AvgIpc) is 2.37. The summed E-state index contributed by atoms with van der Waals surface area (Å²) < 4.78 is 23.8. The minimum absolute atomic E-state index is 0.369. The van der Waals surface area contributed by atoms with Crippen LogP contribution < -0.4 is 4.52 Å². The predicted octanol–water partition coefficient (Wildman–Crippen LogP) is 4.13. The zero-order valence-electron chi connectivity index (χ0n) is 8.85. The van der Waals surface area contributed by atoms with Crippen LogP contribution in [0, 0.1) is 0 Å². The van der Waals surface area contributed by atoms with E-state index in [4.69, 9.17) is 9.05 Å². The first-order valence-electron chi connectivity index (χ1n) is 5.03. The minimum atomic E-state index is -3.10. The molecule has 1 heterocycles. The highest BCUT2D eigenvalue weighted by molar-refractivity contribution is 9.10. The van der Waals surface area contributed by atoms with Gasteiger partial charge in [0.05, 0.1) is 6.61 Å². The quantitative estimate of drug-likeness (QED) is 0.771. The van der Waals surface area contributed by atoms with Crippen molar-refractivity contribution in [2.24, 2.45) is 0 Å². The van der Waals surface area contributed by atoms with Crippen LogP contribution in [0.15, 0.2) is 34.6 Å². The molecule has 1 atom stereocenters. The molecule has 0 fully saturated rings. The van der Waals surface area contributed by atoms with Crippen LogP contribution >= 0.6 is 23.5 Å². The molecule has 0 aromatic heterocycles. The van der Waals surface area contributed by atoms with Crippen molar-refractivity contribution in [3.8, 4) is 5.75 Å². The van der Waals surface area contributed by atoms with Gasteiger partial charge in [0.2, 0.25) is 0 Å². The van der Waals surface area contributed by atoms with Gasteiger partial charge < -0.3 is 4.52 Å². The summed E-state index contributed by atoms with van der Waals surface area (Å²) in [6.07, 6.45) is 2.53. The van der Waals surface area contributed by atoms with Gasteiger partial charge in [-0.25, -0.2) is 4.57 Å². The van der Waals surface area contributed by atoms with E-state index < -0.39 is 7.60 Å². The van der Waals surface area contributed by atoms with Crippen LogP contribution in [0.3, 0.4) is 0 Å². The molecule has 0 unspecified atom stereocenters. The van der Waals surface area contributed by atoms with Crippen molar-refractivity contribution in [1.29, 1.82) is 0 Å². The van der Waals surface area contributed by atoms with E-state index in [0.29, 0.717) is 18.8 Å². The third-order valence-electron chi connectivity index (χ3n) is 2.18. The Morgan fingerprint density at radius 3 is 3.12 bits per heavy atom. The lowest BCUT2D eigenvalue weighted by Gasteiger charge is -2.15. The Labute approximate surface area is 103 Å². The van der Waals surface area contributed by atoms with E-state index in [9.17, 15) is 4.57 Å². The summed E-state index contributed by atoms with van der Waals surface area (Å²) in [5.41, 5.74) is 1.00. The maximum atomic E-state index is 12.2. The van der Waals surface area contributed by atoms with Crippen molar-refractivity contribution in [3.63, 3.8) is 0 Å². The first-order chi connectivity index (χ1) is 7.63. The molecule has 5 heteroatoms. The first-order valence-corrected chi connectivity index (χ1v) is 7.43. The Bertz CT molecular complexity index is 470. The van der Waals surface area contributed by atoms with E-state index in [0.717, 1.165) is 10.0 Å². The van der Waals surface area contributed by atoms with Crippen LogP contribution in [-0.4, -0.2) is 6.61 Å². The van der Waals surface area contributed by atoms with Gasteiger partial charge in [0.25, 0.3) is 0 Å². The summed E-state index contributed by atoms with van der Waals surface area (Å²) in [5, 5.41) is 0. The molecule has 0 N–H and O–H groups in total. The maximum absolute atomic E-state index is 12.2. The number of allylic oxidation sites excluding steroid dienone is 1. The molecule has 0 aliphatic carbocycles. The molecule has 3 nitrogen and oxygen atoms in total. The lowest BCUT2D eigenvalue weighted by atomic mass is 10.1. The predicted molar refractivity (Wildman–Crippen MR) is 66.8 cm³/mol. The van der Waals surface area contributed by atoms with Gasteiger partial charge in [-0.2, -0.15) is 0 Å². The average molecular weight is 303 g/mol. The van der Waals surface area contributed by atoms with Crippen LogP contribution in [0.25, 0.3) is 0 Å². The van der Waals surface area contributed by atoms with E-state index in [2.05, 4.69) is 15.9 Å². The topological polar surface area (TPSA) is 35.5 Å². The summed E-state index contributed by atoms with van der Waals surface area (Å²) >= 11 is 3.40. The summed E-state index contributed by atoms with van der Waals surface area (Å²) in [7, 11) is -3.10. The smallest absolute Gasteiger partial charge is 0.403 e. The standard InChI is InChI=1S/C11H12BrO3P/c1-2-14-16(13)7-3-4-9-8-10(12)5-6-11(9)15-16/h3,5-8H,2,4H2,1H3/t16-/m0/s1. The van der Waals surface area contributed by atoms with Gasteiger partial charge in [0, 0.05) is 10.3 Å². The summed E-state index contributed by atoms with van der Waals surface area (Å²) in [6.45, 7) is 2.16. The van der Waals surface area contributed by atoms with E-state index in [-0.39, 0.29) is 0 Å². The number of halogens is 1. The number of hydrogen-bond donors (Lipinski definition) is 0. The van der Waals surface area contributed by atoms with Gasteiger partial charge in [-0.05, 0) is 37.1 Å². The first kappa shape index (κ1) is 11.9. The van der Waals surface area contributed by atoms with E-state index >= 15 is 0 Å². The number of fused-ring (bicyclic) bond motifs is 1. The highest BCUT2D eigenvalue weighted by atomic mass is 79.9. The van der Waals surface area contributed by atoms with Crippen molar-refractivity contribution >= 4 is 23.5 Å². The van der Waals surface area contributed by atoms with Gasteiger partial charge in [-0.15, -0.1) is 0 Å². The monoisotopic (exact) mass is 302 g/mol. The molecule has 0 amide bonds. The fourth-order valence-electron chi connectivity index (χ4n) is 1.52. The van der Waals surface area contributed by atoms with Crippen molar-refractivity contribution in [2.75, 3.05) is 6.61 Å². The number of hydrogen-bond acceptors (Lipinski definition) is 3. The maximum Gasteiger partial charge on any atom is 0.403 e. The molecule has 16 heavy (non-hydrogen) atoms. The second-order valence-corrected chi connectivity index (χ2v) is 6.12. The summed E-state index contributed by atoms with van der Waals surface area (Å²) in [5.74, 6) is 2.16. The Morgan fingerprint density at radius 2 is 2.38 bits per heavy atom. The fraction of sp³-hybridized carbons (Fsp3) is 0.273. The van der Waals surface area contributed by atoms with E-state index in [1.807, 2.05) is 18.2 Å². The third-order valence-corrected chi connectivity index (χ3v) is 4.32. The minimum Gasteiger partial charge on any atom is -0.421 e. The lowest BCUT2D eigenvalue weighted by Crippen LogP contribution is -1.95. The summed E-state index contributed by atoms with van der Waals surface area (Å²) in [4.78, 5) is 0.